The van der Waals surface area contributed by atoms with Crippen LogP contribution in [0.5, 0.6) is 11.8 Å². The van der Waals surface area contributed by atoms with E-state index in [2.05, 4.69) is 4.98 Å². The zero-order valence-corrected chi connectivity index (χ0v) is 10.2. The fraction of sp³-hybridized carbons (Fsp3) is 0.583. The van der Waals surface area contributed by atoms with E-state index in [0.29, 0.717) is 25.0 Å². The first-order chi connectivity index (χ1) is 7.57. The van der Waals surface area contributed by atoms with Crippen LogP contribution in [0, 0.1) is 0 Å². The van der Waals surface area contributed by atoms with Crippen LogP contribution < -0.4 is 15.2 Å². The Morgan fingerprint density at radius 2 is 1.88 bits per heavy atom. The lowest BCUT2D eigenvalue weighted by Gasteiger charge is -2.22. The number of rotatable bonds is 6. The van der Waals surface area contributed by atoms with E-state index in [1.165, 1.54) is 0 Å². The topological polar surface area (TPSA) is 57.4 Å². The minimum Gasteiger partial charge on any atom is -0.478 e. The zero-order chi connectivity index (χ0) is 12.0. The Labute approximate surface area is 96.8 Å². The van der Waals surface area contributed by atoms with Gasteiger partial charge in [-0.1, -0.05) is 13.0 Å². The lowest BCUT2D eigenvalue weighted by molar-refractivity contribution is 0.215. The Bertz CT molecular complexity index is 327. The molecule has 1 aromatic rings. The van der Waals surface area contributed by atoms with E-state index in [-0.39, 0.29) is 5.54 Å². The van der Waals surface area contributed by atoms with Gasteiger partial charge < -0.3 is 15.2 Å². The van der Waals surface area contributed by atoms with E-state index in [1.54, 1.807) is 12.1 Å². The highest BCUT2D eigenvalue weighted by Crippen LogP contribution is 2.15. The van der Waals surface area contributed by atoms with E-state index < -0.39 is 0 Å². The molecule has 90 valence electrons. The molecule has 0 bridgehead atoms. The van der Waals surface area contributed by atoms with Crippen LogP contribution in [-0.4, -0.2) is 23.7 Å². The van der Waals surface area contributed by atoms with Gasteiger partial charge in [0, 0.05) is 17.7 Å². The van der Waals surface area contributed by atoms with Gasteiger partial charge in [0.25, 0.3) is 0 Å². The van der Waals surface area contributed by atoms with E-state index in [1.807, 2.05) is 26.8 Å². The van der Waals surface area contributed by atoms with Gasteiger partial charge in [-0.05, 0) is 20.3 Å². The standard InChI is InChI=1S/C12H20N2O2/c1-4-12(3,13)9-16-11-8-6-7-10(14-11)15-5-2/h6-8H,4-5,9,13H2,1-3H3. The second kappa shape index (κ2) is 5.70. The highest BCUT2D eigenvalue weighted by atomic mass is 16.5. The van der Waals surface area contributed by atoms with Gasteiger partial charge in [-0.15, -0.1) is 0 Å². The zero-order valence-electron chi connectivity index (χ0n) is 10.2. The van der Waals surface area contributed by atoms with Crippen LogP contribution in [-0.2, 0) is 0 Å². The summed E-state index contributed by atoms with van der Waals surface area (Å²) in [6.45, 7) is 6.96. The molecule has 0 saturated carbocycles. The van der Waals surface area contributed by atoms with Crippen molar-refractivity contribution in [2.75, 3.05) is 13.2 Å². The van der Waals surface area contributed by atoms with Crippen molar-refractivity contribution in [3.63, 3.8) is 0 Å². The van der Waals surface area contributed by atoms with E-state index in [4.69, 9.17) is 15.2 Å². The van der Waals surface area contributed by atoms with Crippen molar-refractivity contribution < 1.29 is 9.47 Å². The first-order valence-corrected chi connectivity index (χ1v) is 5.59. The molecule has 4 heteroatoms. The number of ether oxygens (including phenoxy) is 2. The number of aromatic nitrogens is 1. The van der Waals surface area contributed by atoms with Crippen molar-refractivity contribution in [3.05, 3.63) is 18.2 Å². The van der Waals surface area contributed by atoms with Crippen LogP contribution in [0.4, 0.5) is 0 Å². The van der Waals surface area contributed by atoms with Crippen molar-refractivity contribution in [1.29, 1.82) is 0 Å². The third-order valence-electron chi connectivity index (χ3n) is 2.35. The lowest BCUT2D eigenvalue weighted by atomic mass is 10.0. The summed E-state index contributed by atoms with van der Waals surface area (Å²) in [6, 6.07) is 5.46. The average Bonchev–Trinajstić information content (AvgIpc) is 2.28. The largest absolute Gasteiger partial charge is 0.478 e. The Hall–Kier alpha value is -1.29. The molecule has 1 atom stereocenters. The third kappa shape index (κ3) is 4.06. The van der Waals surface area contributed by atoms with Crippen molar-refractivity contribution >= 4 is 0 Å². The Kier molecular flexibility index (Phi) is 4.55. The maximum absolute atomic E-state index is 5.98. The quantitative estimate of drug-likeness (QED) is 0.802. The first-order valence-electron chi connectivity index (χ1n) is 5.59. The fourth-order valence-corrected chi connectivity index (χ4v) is 1.05. The minimum atomic E-state index is -0.316. The predicted molar refractivity (Wildman–Crippen MR) is 63.8 cm³/mol. The van der Waals surface area contributed by atoms with Crippen LogP contribution >= 0.6 is 0 Å². The summed E-state index contributed by atoms with van der Waals surface area (Å²) >= 11 is 0. The van der Waals surface area contributed by atoms with Gasteiger partial charge >= 0.3 is 0 Å². The van der Waals surface area contributed by atoms with Gasteiger partial charge in [-0.25, -0.2) is 0 Å². The molecule has 0 aliphatic carbocycles. The summed E-state index contributed by atoms with van der Waals surface area (Å²) < 4.78 is 10.8. The number of hydrogen-bond donors (Lipinski definition) is 1. The smallest absolute Gasteiger partial charge is 0.216 e. The van der Waals surface area contributed by atoms with Gasteiger partial charge in [-0.3, -0.25) is 0 Å². The molecule has 0 aromatic carbocycles. The van der Waals surface area contributed by atoms with Crippen molar-refractivity contribution in [2.24, 2.45) is 5.73 Å². The van der Waals surface area contributed by atoms with Crippen molar-refractivity contribution in [2.45, 2.75) is 32.7 Å². The molecule has 2 N–H and O–H groups in total. The summed E-state index contributed by atoms with van der Waals surface area (Å²) in [5.41, 5.74) is 5.66. The van der Waals surface area contributed by atoms with Gasteiger partial charge in [-0.2, -0.15) is 4.98 Å². The van der Waals surface area contributed by atoms with Crippen LogP contribution in [0.1, 0.15) is 27.2 Å². The molecule has 0 aliphatic rings. The molecular weight excluding hydrogens is 204 g/mol. The van der Waals surface area contributed by atoms with E-state index >= 15 is 0 Å². The Morgan fingerprint density at radius 1 is 1.25 bits per heavy atom. The number of hydrogen-bond acceptors (Lipinski definition) is 4. The van der Waals surface area contributed by atoms with Crippen molar-refractivity contribution in [1.82, 2.24) is 4.98 Å². The Balaban J connectivity index is 2.57. The molecule has 1 aromatic heterocycles. The van der Waals surface area contributed by atoms with Gasteiger partial charge in [0.15, 0.2) is 0 Å². The maximum atomic E-state index is 5.98. The number of pyridine rings is 1. The van der Waals surface area contributed by atoms with E-state index in [9.17, 15) is 0 Å². The second-order valence-electron chi connectivity index (χ2n) is 4.04. The molecule has 4 nitrogen and oxygen atoms in total. The molecule has 0 fully saturated rings. The van der Waals surface area contributed by atoms with Crippen LogP contribution in [0.2, 0.25) is 0 Å². The molecule has 0 radical (unpaired) electrons. The van der Waals surface area contributed by atoms with Gasteiger partial charge in [0.2, 0.25) is 11.8 Å². The first kappa shape index (κ1) is 12.8. The van der Waals surface area contributed by atoms with Gasteiger partial charge in [0.1, 0.15) is 6.61 Å². The second-order valence-corrected chi connectivity index (χ2v) is 4.04. The van der Waals surface area contributed by atoms with E-state index in [0.717, 1.165) is 6.42 Å². The summed E-state index contributed by atoms with van der Waals surface area (Å²) in [4.78, 5) is 4.20. The maximum Gasteiger partial charge on any atom is 0.216 e. The average molecular weight is 224 g/mol. The van der Waals surface area contributed by atoms with Crippen molar-refractivity contribution in [3.8, 4) is 11.8 Å². The van der Waals surface area contributed by atoms with Crippen LogP contribution in [0.25, 0.3) is 0 Å². The molecule has 1 heterocycles. The van der Waals surface area contributed by atoms with Crippen LogP contribution in [0.3, 0.4) is 0 Å². The summed E-state index contributed by atoms with van der Waals surface area (Å²) in [5.74, 6) is 1.13. The summed E-state index contributed by atoms with van der Waals surface area (Å²) in [5, 5.41) is 0. The lowest BCUT2D eigenvalue weighted by Crippen LogP contribution is -2.41. The third-order valence-corrected chi connectivity index (χ3v) is 2.35. The monoisotopic (exact) mass is 224 g/mol. The Morgan fingerprint density at radius 3 is 2.44 bits per heavy atom. The molecule has 0 amide bonds. The summed E-state index contributed by atoms with van der Waals surface area (Å²) in [7, 11) is 0. The fourth-order valence-electron chi connectivity index (χ4n) is 1.05. The molecule has 0 saturated heterocycles. The predicted octanol–water partition coefficient (Wildman–Crippen LogP) is 1.99. The van der Waals surface area contributed by atoms with Crippen LogP contribution in [0.15, 0.2) is 18.2 Å². The summed E-state index contributed by atoms with van der Waals surface area (Å²) in [6.07, 6.45) is 0.859. The number of nitrogens with zero attached hydrogens (tertiary/aromatic N) is 1. The molecule has 0 spiro atoms. The minimum absolute atomic E-state index is 0.316. The highest BCUT2D eigenvalue weighted by Gasteiger charge is 2.16. The number of nitrogens with two attached hydrogens (primary N) is 1. The SMILES string of the molecule is CCOc1cccc(OCC(C)(N)CC)n1. The molecular formula is C12H20N2O2. The molecule has 1 rings (SSSR count). The molecule has 0 aliphatic heterocycles. The molecule has 16 heavy (non-hydrogen) atoms. The molecule has 1 unspecified atom stereocenters. The highest BCUT2D eigenvalue weighted by molar-refractivity contribution is 5.19. The van der Waals surface area contributed by atoms with Gasteiger partial charge in [0.05, 0.1) is 6.61 Å². The normalized spacial score (nSPS) is 14.2.